The Kier molecular flexibility index (Phi) is 5.14. The van der Waals surface area contributed by atoms with Gasteiger partial charge in [-0.15, -0.1) is 0 Å². The summed E-state index contributed by atoms with van der Waals surface area (Å²) in [7, 11) is 0. The topological polar surface area (TPSA) is 108 Å². The van der Waals surface area contributed by atoms with Crippen molar-refractivity contribution in [1.82, 2.24) is 20.9 Å². The molecule has 1 saturated carbocycles. The molecule has 31 heavy (non-hydrogen) atoms. The average Bonchev–Trinajstić information content (AvgIpc) is 3.26. The Morgan fingerprint density at radius 1 is 1.03 bits per heavy atom. The van der Waals surface area contributed by atoms with Crippen molar-refractivity contribution in [1.29, 1.82) is 0 Å². The largest absolute Gasteiger partial charge is 0.317 e. The molecule has 164 valence electrons. The number of rotatable bonds is 4. The van der Waals surface area contributed by atoms with Gasteiger partial charge in [0.2, 0.25) is 11.8 Å². The molecule has 3 aliphatic heterocycles. The molecule has 5 rings (SSSR count). The van der Waals surface area contributed by atoms with Gasteiger partial charge in [0, 0.05) is 19.0 Å². The van der Waals surface area contributed by atoms with Crippen LogP contribution in [0.3, 0.4) is 0 Å². The van der Waals surface area contributed by atoms with Gasteiger partial charge in [-0.2, -0.15) is 0 Å². The molecule has 1 spiro atoms. The molecule has 0 radical (unpaired) electrons. The third-order valence-corrected chi connectivity index (χ3v) is 7.60. The highest BCUT2D eigenvalue weighted by atomic mass is 16.2. The van der Waals surface area contributed by atoms with Crippen molar-refractivity contribution in [2.45, 2.75) is 63.6 Å². The predicted octanol–water partition coefficient (Wildman–Crippen LogP) is 1.10. The molecular formula is C23H28N4O4. The molecule has 2 atom stereocenters. The van der Waals surface area contributed by atoms with Gasteiger partial charge in [0.25, 0.3) is 11.8 Å². The fraction of sp³-hybridized carbons (Fsp3) is 0.565. The van der Waals surface area contributed by atoms with Gasteiger partial charge in [-0.05, 0) is 62.2 Å². The number of amides is 4. The molecule has 2 unspecified atom stereocenters. The predicted molar refractivity (Wildman–Crippen MR) is 112 cm³/mol. The Morgan fingerprint density at radius 3 is 2.61 bits per heavy atom. The first-order valence-corrected chi connectivity index (χ1v) is 11.3. The molecular weight excluding hydrogens is 396 g/mol. The number of carbonyl (C=O) groups is 4. The number of hydrogen-bond acceptors (Lipinski definition) is 6. The van der Waals surface area contributed by atoms with Crippen LogP contribution < -0.4 is 16.0 Å². The molecule has 0 aromatic heterocycles. The first kappa shape index (κ1) is 20.3. The number of imide groups is 2. The SMILES string of the molecule is O=C1CCC(N2C(=O)c3cccc(CNC4CCCC45CCNCC5)c3C2=O)C(=O)N1. The standard InChI is InChI=1S/C23H28N4O4/c28-18-7-6-16(20(29)26-18)27-21(30)15-4-1-3-14(19(15)22(27)31)13-25-17-5-2-8-23(17)9-11-24-12-10-23/h1,3-4,16-17,24-25H,2,5-13H2,(H,26,28,29). The van der Waals surface area contributed by atoms with Gasteiger partial charge in [-0.25, -0.2) is 0 Å². The van der Waals surface area contributed by atoms with Gasteiger partial charge in [-0.3, -0.25) is 29.4 Å². The maximum absolute atomic E-state index is 13.2. The van der Waals surface area contributed by atoms with E-state index in [2.05, 4.69) is 16.0 Å². The summed E-state index contributed by atoms with van der Waals surface area (Å²) in [6.07, 6.45) is 6.20. The quantitative estimate of drug-likeness (QED) is 0.625. The summed E-state index contributed by atoms with van der Waals surface area (Å²) in [5, 5.41) is 9.39. The monoisotopic (exact) mass is 424 g/mol. The summed E-state index contributed by atoms with van der Waals surface area (Å²) in [5.41, 5.74) is 1.85. The summed E-state index contributed by atoms with van der Waals surface area (Å²) in [4.78, 5) is 51.1. The highest BCUT2D eigenvalue weighted by Crippen LogP contribution is 2.45. The fourth-order valence-corrected chi connectivity index (χ4v) is 5.95. The van der Waals surface area contributed by atoms with Gasteiger partial charge in [-0.1, -0.05) is 18.6 Å². The first-order valence-electron chi connectivity index (χ1n) is 11.3. The summed E-state index contributed by atoms with van der Waals surface area (Å²) < 4.78 is 0. The maximum Gasteiger partial charge on any atom is 0.262 e. The van der Waals surface area contributed by atoms with Gasteiger partial charge in [0.15, 0.2) is 0 Å². The molecule has 2 saturated heterocycles. The lowest BCUT2D eigenvalue weighted by Crippen LogP contribution is -2.54. The molecule has 3 heterocycles. The maximum atomic E-state index is 13.2. The molecule has 0 bridgehead atoms. The van der Waals surface area contributed by atoms with E-state index in [1.165, 1.54) is 12.8 Å². The van der Waals surface area contributed by atoms with E-state index >= 15 is 0 Å². The van der Waals surface area contributed by atoms with Crippen LogP contribution in [0.5, 0.6) is 0 Å². The van der Waals surface area contributed by atoms with Crippen molar-refractivity contribution < 1.29 is 19.2 Å². The summed E-state index contributed by atoms with van der Waals surface area (Å²) in [6, 6.07) is 4.80. The van der Waals surface area contributed by atoms with Crippen LogP contribution in [0.15, 0.2) is 18.2 Å². The number of fused-ring (bicyclic) bond motifs is 1. The lowest BCUT2D eigenvalue weighted by molar-refractivity contribution is -0.136. The molecule has 8 heteroatoms. The number of hydrogen-bond donors (Lipinski definition) is 3. The van der Waals surface area contributed by atoms with E-state index in [4.69, 9.17) is 0 Å². The second kappa shape index (κ2) is 7.84. The molecule has 3 N–H and O–H groups in total. The summed E-state index contributed by atoms with van der Waals surface area (Å²) in [6.45, 7) is 2.62. The summed E-state index contributed by atoms with van der Waals surface area (Å²) >= 11 is 0. The number of piperidine rings is 2. The highest BCUT2D eigenvalue weighted by molar-refractivity contribution is 6.24. The minimum absolute atomic E-state index is 0.122. The normalized spacial score (nSPS) is 27.7. The van der Waals surface area contributed by atoms with Crippen LogP contribution >= 0.6 is 0 Å². The Balaban J connectivity index is 1.36. The zero-order valence-electron chi connectivity index (χ0n) is 17.5. The van der Waals surface area contributed by atoms with Crippen LogP contribution in [0.1, 0.15) is 71.2 Å². The van der Waals surface area contributed by atoms with Gasteiger partial charge in [0.05, 0.1) is 11.1 Å². The van der Waals surface area contributed by atoms with Crippen molar-refractivity contribution >= 4 is 23.6 Å². The zero-order chi connectivity index (χ0) is 21.6. The van der Waals surface area contributed by atoms with Crippen LogP contribution in [-0.2, 0) is 16.1 Å². The van der Waals surface area contributed by atoms with E-state index in [-0.39, 0.29) is 18.7 Å². The van der Waals surface area contributed by atoms with Crippen molar-refractivity contribution in [2.24, 2.45) is 5.41 Å². The van der Waals surface area contributed by atoms with E-state index in [0.717, 1.165) is 42.8 Å². The summed E-state index contributed by atoms with van der Waals surface area (Å²) in [5.74, 6) is -1.84. The molecule has 8 nitrogen and oxygen atoms in total. The Labute approximate surface area is 181 Å². The van der Waals surface area contributed by atoms with E-state index in [1.54, 1.807) is 12.1 Å². The fourth-order valence-electron chi connectivity index (χ4n) is 5.95. The smallest absolute Gasteiger partial charge is 0.262 e. The lowest BCUT2D eigenvalue weighted by Gasteiger charge is -2.40. The van der Waals surface area contributed by atoms with Crippen molar-refractivity contribution in [3.63, 3.8) is 0 Å². The van der Waals surface area contributed by atoms with Gasteiger partial charge >= 0.3 is 0 Å². The van der Waals surface area contributed by atoms with Crippen LogP contribution in [0, 0.1) is 5.41 Å². The van der Waals surface area contributed by atoms with Crippen LogP contribution in [0.4, 0.5) is 0 Å². The van der Waals surface area contributed by atoms with Crippen LogP contribution in [0.25, 0.3) is 0 Å². The number of benzene rings is 1. The number of nitrogens with one attached hydrogen (secondary N) is 3. The van der Waals surface area contributed by atoms with Crippen LogP contribution in [-0.4, -0.2) is 53.7 Å². The lowest BCUT2D eigenvalue weighted by atomic mass is 9.74. The molecule has 3 fully saturated rings. The minimum atomic E-state index is -0.932. The highest BCUT2D eigenvalue weighted by Gasteiger charge is 2.46. The van der Waals surface area contributed by atoms with E-state index in [0.29, 0.717) is 29.1 Å². The van der Waals surface area contributed by atoms with E-state index < -0.39 is 23.8 Å². The second-order valence-corrected chi connectivity index (χ2v) is 9.22. The van der Waals surface area contributed by atoms with Gasteiger partial charge < -0.3 is 10.6 Å². The third-order valence-electron chi connectivity index (χ3n) is 7.60. The molecule has 1 aromatic rings. The zero-order valence-corrected chi connectivity index (χ0v) is 17.5. The Bertz CT molecular complexity index is 953. The van der Waals surface area contributed by atoms with Gasteiger partial charge in [0.1, 0.15) is 6.04 Å². The number of carbonyl (C=O) groups excluding carboxylic acids is 4. The minimum Gasteiger partial charge on any atom is -0.317 e. The molecule has 4 amide bonds. The first-order chi connectivity index (χ1) is 15.0. The molecule has 4 aliphatic rings. The number of nitrogens with zero attached hydrogens (tertiary/aromatic N) is 1. The Hall–Kier alpha value is -2.58. The second-order valence-electron chi connectivity index (χ2n) is 9.22. The van der Waals surface area contributed by atoms with Crippen molar-refractivity contribution in [3.05, 3.63) is 34.9 Å². The van der Waals surface area contributed by atoms with E-state index in [1.807, 2.05) is 6.07 Å². The third kappa shape index (κ3) is 3.38. The Morgan fingerprint density at radius 2 is 1.84 bits per heavy atom. The van der Waals surface area contributed by atoms with E-state index in [9.17, 15) is 19.2 Å². The molecule has 1 aliphatic carbocycles. The van der Waals surface area contributed by atoms with Crippen molar-refractivity contribution in [3.8, 4) is 0 Å². The van der Waals surface area contributed by atoms with Crippen LogP contribution in [0.2, 0.25) is 0 Å². The average molecular weight is 425 g/mol. The molecule has 1 aromatic carbocycles. The van der Waals surface area contributed by atoms with Crippen molar-refractivity contribution in [2.75, 3.05) is 13.1 Å².